The molecular formula is C30H20ClF3I2N2O4S. The van der Waals surface area contributed by atoms with Gasteiger partial charge in [0.2, 0.25) is 0 Å². The average molecular weight is 851 g/mol. The minimum atomic E-state index is -4.99. The first kappa shape index (κ1) is 31.7. The van der Waals surface area contributed by atoms with Gasteiger partial charge in [-0.1, -0.05) is 65.4 Å². The average Bonchev–Trinajstić information content (AvgIpc) is 3.26. The van der Waals surface area contributed by atoms with Crippen molar-refractivity contribution in [3.8, 4) is 5.75 Å². The molecule has 13 heteroatoms. The molecule has 43 heavy (non-hydrogen) atoms. The standard InChI is InChI=1S/C30H20ClF3I2N2O4S/c1-2-41-28(40)23-24(17-8-10-19(31)11-9-17)38-27(39)22(43-29(38)37-26(23)30(32,33)34)13-18-12-20(35)14-21(36)25(18)42-15-16-6-4-3-5-7-16/h3-14,24H,2,15H2,1H3/b22-13-/t24-/m0/s1. The maximum atomic E-state index is 14.4. The van der Waals surface area contributed by atoms with Gasteiger partial charge in [0.15, 0.2) is 10.5 Å². The van der Waals surface area contributed by atoms with E-state index in [0.717, 1.165) is 28.6 Å². The van der Waals surface area contributed by atoms with E-state index < -0.39 is 35.0 Å². The first-order valence-electron chi connectivity index (χ1n) is 12.7. The van der Waals surface area contributed by atoms with E-state index in [1.165, 1.54) is 31.2 Å². The largest absolute Gasteiger partial charge is 0.487 e. The summed E-state index contributed by atoms with van der Waals surface area (Å²) in [5.41, 5.74) is -1.04. The Morgan fingerprint density at radius 1 is 1.12 bits per heavy atom. The number of carbonyl (C=O) groups excluding carboxylic acids is 1. The number of aromatic nitrogens is 1. The van der Waals surface area contributed by atoms with Crippen LogP contribution in [-0.4, -0.2) is 23.3 Å². The number of thiazole rings is 1. The second-order valence-electron chi connectivity index (χ2n) is 9.20. The van der Waals surface area contributed by atoms with Crippen LogP contribution in [0.2, 0.25) is 5.02 Å². The Morgan fingerprint density at radius 2 is 1.81 bits per heavy atom. The Bertz CT molecular complexity index is 1910. The Hall–Kier alpha value is -2.69. The zero-order chi connectivity index (χ0) is 30.9. The van der Waals surface area contributed by atoms with E-state index in [4.69, 9.17) is 21.1 Å². The monoisotopic (exact) mass is 850 g/mol. The lowest BCUT2D eigenvalue weighted by Gasteiger charge is -2.26. The summed E-state index contributed by atoms with van der Waals surface area (Å²) in [6, 6.07) is 17.7. The molecule has 1 aromatic heterocycles. The van der Waals surface area contributed by atoms with Gasteiger partial charge < -0.3 is 9.47 Å². The van der Waals surface area contributed by atoms with Crippen molar-refractivity contribution in [2.75, 3.05) is 6.61 Å². The lowest BCUT2D eigenvalue weighted by molar-refractivity contribution is -0.140. The Labute approximate surface area is 279 Å². The molecule has 0 bridgehead atoms. The van der Waals surface area contributed by atoms with Crippen molar-refractivity contribution in [3.05, 3.63) is 127 Å². The normalized spacial score (nSPS) is 15.2. The van der Waals surface area contributed by atoms with Gasteiger partial charge in [-0.25, -0.2) is 9.79 Å². The quantitative estimate of drug-likeness (QED) is 0.152. The van der Waals surface area contributed by atoms with Crippen molar-refractivity contribution in [2.24, 2.45) is 4.99 Å². The lowest BCUT2D eigenvalue weighted by atomic mass is 9.95. The van der Waals surface area contributed by atoms with Crippen LogP contribution in [0.1, 0.15) is 29.7 Å². The van der Waals surface area contributed by atoms with Crippen molar-refractivity contribution in [1.29, 1.82) is 0 Å². The van der Waals surface area contributed by atoms with E-state index in [9.17, 15) is 22.8 Å². The third-order valence-electron chi connectivity index (χ3n) is 6.33. The SMILES string of the molecule is CCOC(=O)C1=C(C(F)(F)F)N=c2s/c(=C\c3cc(I)cc(I)c3OCc3ccccc3)c(=O)n2[C@H]1c1ccc(Cl)cc1. The van der Waals surface area contributed by atoms with Gasteiger partial charge in [0, 0.05) is 14.2 Å². The maximum absolute atomic E-state index is 14.4. The summed E-state index contributed by atoms with van der Waals surface area (Å²) in [5, 5.41) is 0.338. The highest BCUT2D eigenvalue weighted by Crippen LogP contribution is 2.38. The molecule has 1 aliphatic rings. The number of allylic oxidation sites excluding steroid dienone is 1. The number of nitrogens with zero attached hydrogens (tertiary/aromatic N) is 2. The predicted octanol–water partition coefficient (Wildman–Crippen LogP) is 6.78. The van der Waals surface area contributed by atoms with Crippen molar-refractivity contribution in [1.82, 2.24) is 4.57 Å². The summed E-state index contributed by atoms with van der Waals surface area (Å²) in [7, 11) is 0. The Kier molecular flexibility index (Phi) is 9.68. The van der Waals surface area contributed by atoms with Crippen LogP contribution in [0.25, 0.3) is 6.08 Å². The molecule has 0 amide bonds. The number of hydrogen-bond donors (Lipinski definition) is 0. The molecule has 0 saturated carbocycles. The number of fused-ring (bicyclic) bond motifs is 1. The molecule has 0 aliphatic carbocycles. The van der Waals surface area contributed by atoms with E-state index in [2.05, 4.69) is 50.2 Å². The highest BCUT2D eigenvalue weighted by atomic mass is 127. The number of benzene rings is 3. The molecule has 0 radical (unpaired) electrons. The van der Waals surface area contributed by atoms with Crippen molar-refractivity contribution in [3.63, 3.8) is 0 Å². The third kappa shape index (κ3) is 6.86. The summed E-state index contributed by atoms with van der Waals surface area (Å²) in [6.07, 6.45) is -3.42. The van der Waals surface area contributed by atoms with Crippen LogP contribution >= 0.6 is 68.1 Å². The fourth-order valence-electron chi connectivity index (χ4n) is 4.51. The number of ether oxygens (including phenoxy) is 2. The molecule has 6 nitrogen and oxygen atoms in total. The molecule has 0 spiro atoms. The van der Waals surface area contributed by atoms with E-state index >= 15 is 0 Å². The maximum Gasteiger partial charge on any atom is 0.434 e. The van der Waals surface area contributed by atoms with Crippen LogP contribution in [0.5, 0.6) is 5.75 Å². The van der Waals surface area contributed by atoms with Gasteiger partial charge in [-0.2, -0.15) is 13.2 Å². The van der Waals surface area contributed by atoms with Crippen LogP contribution in [-0.2, 0) is 16.1 Å². The van der Waals surface area contributed by atoms with Crippen molar-refractivity contribution < 1.29 is 27.4 Å². The van der Waals surface area contributed by atoms with E-state index in [1.54, 1.807) is 6.08 Å². The lowest BCUT2D eigenvalue weighted by Crippen LogP contribution is -2.41. The molecule has 0 N–H and O–H groups in total. The summed E-state index contributed by atoms with van der Waals surface area (Å²) in [6.45, 7) is 1.59. The zero-order valence-corrected chi connectivity index (χ0v) is 28.0. The number of esters is 1. The van der Waals surface area contributed by atoms with Crippen LogP contribution in [0.3, 0.4) is 0 Å². The van der Waals surface area contributed by atoms with E-state index in [-0.39, 0.29) is 28.1 Å². The van der Waals surface area contributed by atoms with Crippen molar-refractivity contribution >= 4 is 80.2 Å². The van der Waals surface area contributed by atoms with Gasteiger partial charge in [0.25, 0.3) is 5.56 Å². The van der Waals surface area contributed by atoms with E-state index in [1.807, 2.05) is 42.5 Å². The number of hydrogen-bond acceptors (Lipinski definition) is 6. The number of carbonyl (C=O) groups is 1. The van der Waals surface area contributed by atoms with Crippen LogP contribution in [0, 0.1) is 7.14 Å². The third-order valence-corrected chi connectivity index (χ3v) is 8.99. The Morgan fingerprint density at radius 3 is 2.47 bits per heavy atom. The molecule has 5 rings (SSSR count). The van der Waals surface area contributed by atoms with Gasteiger partial charge in [0.1, 0.15) is 12.4 Å². The zero-order valence-electron chi connectivity index (χ0n) is 22.1. The van der Waals surface area contributed by atoms with Crippen LogP contribution in [0.15, 0.2) is 87.8 Å². The summed E-state index contributed by atoms with van der Waals surface area (Å²) < 4.78 is 57.2. The molecule has 2 heterocycles. The second kappa shape index (κ2) is 13.1. The van der Waals surface area contributed by atoms with Gasteiger partial charge in [-0.05, 0) is 93.6 Å². The summed E-state index contributed by atoms with van der Waals surface area (Å²) >= 11 is 11.1. The number of alkyl halides is 3. The molecule has 0 fully saturated rings. The Balaban J connectivity index is 1.72. The highest BCUT2D eigenvalue weighted by Gasteiger charge is 2.45. The molecule has 0 saturated heterocycles. The van der Waals surface area contributed by atoms with Crippen molar-refractivity contribution in [2.45, 2.75) is 25.7 Å². The summed E-state index contributed by atoms with van der Waals surface area (Å²) in [5.74, 6) is -0.690. The predicted molar refractivity (Wildman–Crippen MR) is 175 cm³/mol. The minimum Gasteiger partial charge on any atom is -0.487 e. The smallest absolute Gasteiger partial charge is 0.434 e. The second-order valence-corrected chi connectivity index (χ2v) is 13.0. The molecule has 1 atom stereocenters. The first-order chi connectivity index (χ1) is 20.5. The van der Waals surface area contributed by atoms with Crippen LogP contribution < -0.4 is 19.6 Å². The van der Waals surface area contributed by atoms with Gasteiger partial charge in [-0.3, -0.25) is 9.36 Å². The fourth-order valence-corrected chi connectivity index (χ4v) is 7.67. The summed E-state index contributed by atoms with van der Waals surface area (Å²) in [4.78, 5) is 30.6. The molecule has 0 unspecified atom stereocenters. The van der Waals surface area contributed by atoms with Gasteiger partial charge in [-0.15, -0.1) is 0 Å². The first-order valence-corrected chi connectivity index (χ1v) is 16.0. The molecule has 3 aromatic carbocycles. The number of halogens is 6. The topological polar surface area (TPSA) is 69.9 Å². The minimum absolute atomic E-state index is 0.117. The molecule has 222 valence electrons. The van der Waals surface area contributed by atoms with Gasteiger partial charge >= 0.3 is 12.1 Å². The highest BCUT2D eigenvalue weighted by molar-refractivity contribution is 14.1. The molecule has 1 aliphatic heterocycles. The van der Waals surface area contributed by atoms with Gasteiger partial charge in [0.05, 0.1) is 26.3 Å². The number of rotatable bonds is 7. The molecule has 4 aromatic rings. The van der Waals surface area contributed by atoms with E-state index in [0.29, 0.717) is 16.3 Å². The fraction of sp³-hybridized carbons (Fsp3) is 0.167. The molecular weight excluding hydrogens is 831 g/mol. The van der Waals surface area contributed by atoms with Crippen LogP contribution in [0.4, 0.5) is 13.2 Å².